The molecule has 2 nitrogen and oxygen atoms in total. The van der Waals surface area contributed by atoms with Crippen molar-refractivity contribution in [2.75, 3.05) is 4.90 Å². The second-order valence-corrected chi connectivity index (χ2v) is 23.5. The first-order valence-corrected chi connectivity index (χ1v) is 24.5. The van der Waals surface area contributed by atoms with Gasteiger partial charge in [0.1, 0.15) is 0 Å². The molecule has 0 fully saturated rings. The maximum atomic E-state index is 2.77. The summed E-state index contributed by atoms with van der Waals surface area (Å²) in [6, 6.07) is 54.7. The molecule has 2 aliphatic heterocycles. The molecule has 3 aromatic heterocycles. The summed E-state index contributed by atoms with van der Waals surface area (Å²) in [4.78, 5) is 2.72. The number of nitrogens with zero attached hydrogens (tertiary/aromatic N) is 2. The van der Waals surface area contributed by atoms with Crippen LogP contribution in [0, 0.1) is 0 Å². The number of hydrogen-bond donors (Lipinski definition) is 0. The predicted octanol–water partition coefficient (Wildman–Crippen LogP) is 15.8. The van der Waals surface area contributed by atoms with Crippen molar-refractivity contribution in [3.05, 3.63) is 162 Å². The number of anilines is 3. The fourth-order valence-corrected chi connectivity index (χ4v) is 14.3. The smallest absolute Gasteiger partial charge is 0.333 e. The van der Waals surface area contributed by atoms with Crippen LogP contribution in [0.15, 0.2) is 140 Å². The Hall–Kier alpha value is -6.14. The van der Waals surface area contributed by atoms with Crippen LogP contribution in [0.2, 0.25) is 0 Å². The minimum absolute atomic E-state index is 0.0166. The lowest BCUT2D eigenvalue weighted by atomic mass is 9.44. The summed E-state index contributed by atoms with van der Waals surface area (Å²) in [5.41, 5.74) is 20.0. The molecule has 0 amide bonds. The minimum Gasteiger partial charge on any atom is -0.375 e. The number of thiophene rings is 2. The van der Waals surface area contributed by atoms with E-state index >= 15 is 0 Å². The first-order chi connectivity index (χ1) is 30.8. The second-order valence-electron chi connectivity index (χ2n) is 21.3. The van der Waals surface area contributed by atoms with Crippen LogP contribution in [0.5, 0.6) is 0 Å². The molecule has 5 heteroatoms. The molecule has 14 rings (SSSR count). The Bertz CT molecular complexity index is 3920. The standard InChI is InChI=1S/C59H47BN2S2/c1-57(2,3)32-21-23-47-38(25-32)43-26-33(58(4,5)6)27-44-42-29-41-35-15-9-12-18-45(35)59(7,8)53(41)56-54(42)60(62(47)55(43)44)46-31-52-40(37-17-11-14-20-50(37)64-52)30-48(46)61(56)34-22-24-51-39(28-34)36-16-10-13-19-49(36)63-51/h9-31H,1-8H3. The number of fused-ring (bicyclic) bond motifs is 17. The van der Waals surface area contributed by atoms with E-state index in [0.29, 0.717) is 0 Å². The first kappa shape index (κ1) is 37.3. The van der Waals surface area contributed by atoms with Gasteiger partial charge in [0, 0.05) is 90.2 Å². The van der Waals surface area contributed by atoms with Gasteiger partial charge in [-0.25, -0.2) is 0 Å². The average molecular weight is 859 g/mol. The second kappa shape index (κ2) is 12.1. The molecule has 0 bridgehead atoms. The third kappa shape index (κ3) is 4.71. The number of hydrogen-bond acceptors (Lipinski definition) is 3. The van der Waals surface area contributed by atoms with E-state index in [2.05, 4.69) is 204 Å². The van der Waals surface area contributed by atoms with Crippen molar-refractivity contribution in [1.82, 2.24) is 4.48 Å². The molecule has 64 heavy (non-hydrogen) atoms. The summed E-state index contributed by atoms with van der Waals surface area (Å²) in [5, 5.41) is 8.01. The molecule has 5 heterocycles. The Balaban J connectivity index is 1.21. The maximum absolute atomic E-state index is 2.77. The van der Waals surface area contributed by atoms with Crippen LogP contribution < -0.4 is 15.8 Å². The monoisotopic (exact) mass is 858 g/mol. The van der Waals surface area contributed by atoms with Crippen LogP contribution in [-0.2, 0) is 16.2 Å². The van der Waals surface area contributed by atoms with Crippen LogP contribution in [-0.4, -0.2) is 11.3 Å². The Kier molecular flexibility index (Phi) is 7.07. The van der Waals surface area contributed by atoms with Crippen LogP contribution in [0.3, 0.4) is 0 Å². The Labute approximate surface area is 382 Å². The molecule has 11 aromatic rings. The highest BCUT2D eigenvalue weighted by Gasteiger charge is 2.49. The summed E-state index contributed by atoms with van der Waals surface area (Å²) in [5.74, 6) is 0. The molecule has 0 unspecified atom stereocenters. The number of rotatable bonds is 1. The quantitative estimate of drug-likeness (QED) is 0.149. The van der Waals surface area contributed by atoms with E-state index in [9.17, 15) is 0 Å². The molecular weight excluding hydrogens is 812 g/mol. The van der Waals surface area contributed by atoms with Gasteiger partial charge in [-0.3, -0.25) is 0 Å². The molecular formula is C59H47BN2S2. The summed E-state index contributed by atoms with van der Waals surface area (Å²) in [7, 11) is 0. The topological polar surface area (TPSA) is 8.17 Å². The van der Waals surface area contributed by atoms with Gasteiger partial charge in [-0.1, -0.05) is 122 Å². The van der Waals surface area contributed by atoms with Gasteiger partial charge in [0.15, 0.2) is 0 Å². The Morgan fingerprint density at radius 2 is 1.16 bits per heavy atom. The van der Waals surface area contributed by atoms with Gasteiger partial charge >= 0.3 is 6.85 Å². The van der Waals surface area contributed by atoms with Crippen LogP contribution in [0.25, 0.3) is 84.4 Å². The number of aromatic nitrogens is 1. The molecule has 1 aliphatic carbocycles. The van der Waals surface area contributed by atoms with Crippen LogP contribution in [0.4, 0.5) is 17.1 Å². The fraction of sp³-hybridized carbons (Fsp3) is 0.186. The number of benzene rings is 8. The highest BCUT2D eigenvalue weighted by Crippen LogP contribution is 2.58. The van der Waals surface area contributed by atoms with E-state index in [1.165, 1.54) is 135 Å². The lowest BCUT2D eigenvalue weighted by Crippen LogP contribution is -2.57. The van der Waals surface area contributed by atoms with E-state index in [-0.39, 0.29) is 23.1 Å². The zero-order valence-electron chi connectivity index (χ0n) is 37.6. The molecule has 3 aliphatic rings. The van der Waals surface area contributed by atoms with Gasteiger partial charge in [0.25, 0.3) is 0 Å². The maximum Gasteiger partial charge on any atom is 0.333 e. The van der Waals surface area contributed by atoms with Crippen molar-refractivity contribution in [2.45, 2.75) is 71.6 Å². The largest absolute Gasteiger partial charge is 0.375 e. The van der Waals surface area contributed by atoms with E-state index in [1.54, 1.807) is 0 Å². The van der Waals surface area contributed by atoms with E-state index in [1.807, 2.05) is 22.7 Å². The molecule has 8 aromatic carbocycles. The lowest BCUT2D eigenvalue weighted by Gasteiger charge is -2.43. The molecule has 0 saturated carbocycles. The molecule has 0 atom stereocenters. The van der Waals surface area contributed by atoms with Gasteiger partial charge in [-0.2, -0.15) is 0 Å². The normalized spacial score (nSPS) is 14.9. The van der Waals surface area contributed by atoms with Crippen molar-refractivity contribution in [1.29, 1.82) is 0 Å². The molecule has 0 saturated heterocycles. The van der Waals surface area contributed by atoms with E-state index in [4.69, 9.17) is 0 Å². The lowest BCUT2D eigenvalue weighted by molar-refractivity contribution is 0.590. The van der Waals surface area contributed by atoms with E-state index < -0.39 is 0 Å². The molecule has 0 spiro atoms. The Morgan fingerprint density at radius 1 is 0.500 bits per heavy atom. The fourth-order valence-electron chi connectivity index (χ4n) is 12.1. The van der Waals surface area contributed by atoms with Crippen molar-refractivity contribution in [2.24, 2.45) is 0 Å². The highest BCUT2D eigenvalue weighted by molar-refractivity contribution is 7.26. The van der Waals surface area contributed by atoms with Crippen molar-refractivity contribution in [3.63, 3.8) is 0 Å². The predicted molar refractivity (Wildman–Crippen MR) is 281 cm³/mol. The van der Waals surface area contributed by atoms with Gasteiger partial charge in [-0.05, 0) is 133 Å². The zero-order chi connectivity index (χ0) is 43.3. The Morgan fingerprint density at radius 3 is 1.91 bits per heavy atom. The van der Waals surface area contributed by atoms with Crippen molar-refractivity contribution in [3.8, 4) is 22.3 Å². The summed E-state index contributed by atoms with van der Waals surface area (Å²) in [6.07, 6.45) is 0. The van der Waals surface area contributed by atoms with Gasteiger partial charge in [0.05, 0.1) is 0 Å². The van der Waals surface area contributed by atoms with E-state index in [0.717, 1.165) is 0 Å². The third-order valence-electron chi connectivity index (χ3n) is 15.2. The van der Waals surface area contributed by atoms with Crippen molar-refractivity contribution < 1.29 is 0 Å². The van der Waals surface area contributed by atoms with Crippen LogP contribution >= 0.6 is 22.7 Å². The SMILES string of the molecule is CC(C)(C)c1ccc2c(c1)c1cc(C(C)(C)C)cc3c1n2B1c2cc4sc5ccccc5c4cc2N(c2ccc4sc5ccccc5c4c2)c2c1c-3cc1c2C(C)(C)c2ccccc2-1. The molecule has 308 valence electrons. The molecule has 0 N–H and O–H groups in total. The minimum atomic E-state index is -0.252. The zero-order valence-corrected chi connectivity index (χ0v) is 39.2. The summed E-state index contributed by atoms with van der Waals surface area (Å²) >= 11 is 3.83. The average Bonchev–Trinajstić information content (AvgIpc) is 4.00. The first-order valence-electron chi connectivity index (χ1n) is 22.9. The van der Waals surface area contributed by atoms with Gasteiger partial charge in [0.2, 0.25) is 0 Å². The molecule has 0 radical (unpaired) electrons. The van der Waals surface area contributed by atoms with Gasteiger partial charge < -0.3 is 9.38 Å². The van der Waals surface area contributed by atoms with Crippen LogP contribution in [0.1, 0.15) is 77.6 Å². The third-order valence-corrected chi connectivity index (χ3v) is 17.5. The summed E-state index contributed by atoms with van der Waals surface area (Å²) in [6.45, 7) is 19.1. The van der Waals surface area contributed by atoms with Gasteiger partial charge in [-0.15, -0.1) is 22.7 Å². The summed E-state index contributed by atoms with van der Waals surface area (Å²) < 4.78 is 8.11. The van der Waals surface area contributed by atoms with Crippen molar-refractivity contribution >= 4 is 120 Å². The highest BCUT2D eigenvalue weighted by atomic mass is 32.1.